The highest BCUT2D eigenvalue weighted by molar-refractivity contribution is 5.89. The third kappa shape index (κ3) is 3.52. The van der Waals surface area contributed by atoms with E-state index in [1.807, 2.05) is 48.2 Å². The number of urea groups is 1. The molecule has 0 radical (unpaired) electrons. The van der Waals surface area contributed by atoms with Gasteiger partial charge >= 0.3 is 11.7 Å². The van der Waals surface area contributed by atoms with E-state index in [2.05, 4.69) is 10.3 Å². The second kappa shape index (κ2) is 7.50. The molecule has 0 aliphatic carbocycles. The number of piperidine rings is 1. The lowest BCUT2D eigenvalue weighted by Crippen LogP contribution is -2.42. The average molecular weight is 379 g/mol. The number of benzene rings is 1. The first-order valence-corrected chi connectivity index (χ1v) is 9.66. The smallest absolute Gasteiger partial charge is 0.325 e. The van der Waals surface area contributed by atoms with Crippen LogP contribution in [0.5, 0.6) is 0 Å². The molecule has 0 saturated carbocycles. The largest absolute Gasteiger partial charge is 0.330 e. The van der Waals surface area contributed by atoms with Crippen LogP contribution in [-0.4, -0.2) is 38.1 Å². The summed E-state index contributed by atoms with van der Waals surface area (Å²) in [5, 5.41) is 2.97. The van der Waals surface area contributed by atoms with Crippen LogP contribution in [0.1, 0.15) is 18.4 Å². The maximum Gasteiger partial charge on any atom is 0.330 e. The number of aromatic nitrogens is 3. The van der Waals surface area contributed by atoms with Crippen molar-refractivity contribution in [1.29, 1.82) is 0 Å². The summed E-state index contributed by atoms with van der Waals surface area (Å²) in [4.78, 5) is 31.3. The van der Waals surface area contributed by atoms with Gasteiger partial charge in [0.15, 0.2) is 5.65 Å². The van der Waals surface area contributed by atoms with Crippen LogP contribution in [0.15, 0.2) is 47.4 Å². The van der Waals surface area contributed by atoms with Crippen LogP contribution in [0.4, 0.5) is 10.5 Å². The number of imidazole rings is 1. The zero-order valence-corrected chi connectivity index (χ0v) is 16.3. The molecule has 0 bridgehead atoms. The summed E-state index contributed by atoms with van der Waals surface area (Å²) in [6.07, 6.45) is 3.46. The number of nitrogens with one attached hydrogen (secondary N) is 1. The van der Waals surface area contributed by atoms with Crippen LogP contribution in [0, 0.1) is 12.8 Å². The highest BCUT2D eigenvalue weighted by Crippen LogP contribution is 2.21. The summed E-state index contributed by atoms with van der Waals surface area (Å²) in [7, 11) is 1.78. The molecular formula is C21H25N5O2. The first kappa shape index (κ1) is 18.3. The SMILES string of the molecule is Cc1cccc(NC(=O)N2CCC(Cn3c(=O)n(C)c4cccnc43)CC2)c1. The summed E-state index contributed by atoms with van der Waals surface area (Å²) in [5.41, 5.74) is 3.48. The minimum atomic E-state index is -0.0620. The Bertz CT molecular complexity index is 1060. The number of hydrogen-bond acceptors (Lipinski definition) is 3. The molecule has 1 aromatic carbocycles. The van der Waals surface area contributed by atoms with Crippen molar-refractivity contribution in [1.82, 2.24) is 19.0 Å². The van der Waals surface area contributed by atoms with Gasteiger partial charge in [-0.1, -0.05) is 12.1 Å². The van der Waals surface area contributed by atoms with Crippen molar-refractivity contribution in [2.75, 3.05) is 18.4 Å². The Morgan fingerprint density at radius 1 is 1.21 bits per heavy atom. The monoisotopic (exact) mass is 379 g/mol. The van der Waals surface area contributed by atoms with Gasteiger partial charge in [0.05, 0.1) is 5.52 Å². The maximum atomic E-state index is 12.6. The quantitative estimate of drug-likeness (QED) is 0.760. The van der Waals surface area contributed by atoms with E-state index in [1.54, 1.807) is 22.4 Å². The molecule has 2 amide bonds. The molecule has 1 saturated heterocycles. The molecule has 0 unspecified atom stereocenters. The molecule has 0 spiro atoms. The van der Waals surface area contributed by atoms with E-state index < -0.39 is 0 Å². The van der Waals surface area contributed by atoms with E-state index in [1.165, 1.54) is 0 Å². The van der Waals surface area contributed by atoms with Crippen molar-refractivity contribution in [3.63, 3.8) is 0 Å². The molecule has 146 valence electrons. The van der Waals surface area contributed by atoms with Gasteiger partial charge in [0.25, 0.3) is 0 Å². The van der Waals surface area contributed by atoms with Crippen LogP contribution >= 0.6 is 0 Å². The Hall–Kier alpha value is -3.09. The predicted molar refractivity (Wildman–Crippen MR) is 109 cm³/mol. The average Bonchev–Trinajstić information content (AvgIpc) is 2.94. The lowest BCUT2D eigenvalue weighted by atomic mass is 9.97. The van der Waals surface area contributed by atoms with Crippen molar-refractivity contribution in [2.45, 2.75) is 26.3 Å². The molecule has 1 aliphatic heterocycles. The minimum Gasteiger partial charge on any atom is -0.325 e. The fraction of sp³-hybridized carbons (Fsp3) is 0.381. The van der Waals surface area contributed by atoms with Gasteiger partial charge in [0.2, 0.25) is 0 Å². The lowest BCUT2D eigenvalue weighted by molar-refractivity contribution is 0.177. The molecule has 1 fully saturated rings. The standard InChI is InChI=1S/C21H25N5O2/c1-15-5-3-6-17(13-15)23-20(27)25-11-8-16(9-12-25)14-26-19-18(7-4-10-22-19)24(2)21(26)28/h3-7,10,13,16H,8-9,11-12,14H2,1-2H3,(H,23,27). The molecule has 1 aliphatic rings. The number of pyridine rings is 1. The van der Waals surface area contributed by atoms with Gasteiger partial charge in [-0.25, -0.2) is 14.6 Å². The third-order valence-electron chi connectivity index (χ3n) is 5.51. The molecule has 3 heterocycles. The molecule has 1 N–H and O–H groups in total. The summed E-state index contributed by atoms with van der Waals surface area (Å²) in [6.45, 7) is 4.02. The van der Waals surface area contributed by atoms with Gasteiger partial charge in [-0.05, 0) is 55.5 Å². The van der Waals surface area contributed by atoms with E-state index in [9.17, 15) is 9.59 Å². The van der Waals surface area contributed by atoms with Crippen LogP contribution in [0.2, 0.25) is 0 Å². The van der Waals surface area contributed by atoms with Crippen molar-refractivity contribution >= 4 is 22.9 Å². The van der Waals surface area contributed by atoms with Gasteiger partial charge in [0, 0.05) is 38.6 Å². The third-order valence-corrected chi connectivity index (χ3v) is 5.51. The number of rotatable bonds is 3. The zero-order valence-electron chi connectivity index (χ0n) is 16.3. The molecule has 2 aromatic heterocycles. The number of aryl methyl sites for hydroxylation is 2. The van der Waals surface area contributed by atoms with Crippen molar-refractivity contribution in [3.8, 4) is 0 Å². The van der Waals surface area contributed by atoms with E-state index in [-0.39, 0.29) is 11.7 Å². The Balaban J connectivity index is 1.39. The number of anilines is 1. The Kier molecular flexibility index (Phi) is 4.90. The number of carbonyl (C=O) groups is 1. The van der Waals surface area contributed by atoms with Crippen molar-refractivity contribution in [2.24, 2.45) is 13.0 Å². The second-order valence-electron chi connectivity index (χ2n) is 7.53. The van der Waals surface area contributed by atoms with Crippen LogP contribution in [-0.2, 0) is 13.6 Å². The number of carbonyl (C=O) groups excluding carboxylic acids is 1. The molecule has 0 atom stereocenters. The number of likely N-dealkylation sites (tertiary alicyclic amines) is 1. The van der Waals surface area contributed by atoms with Gasteiger partial charge in [-0.2, -0.15) is 0 Å². The Morgan fingerprint density at radius 3 is 2.75 bits per heavy atom. The van der Waals surface area contributed by atoms with Gasteiger partial charge < -0.3 is 10.2 Å². The fourth-order valence-electron chi connectivity index (χ4n) is 3.90. The summed E-state index contributed by atoms with van der Waals surface area (Å²) < 4.78 is 3.41. The first-order chi connectivity index (χ1) is 13.5. The highest BCUT2D eigenvalue weighted by Gasteiger charge is 2.24. The van der Waals surface area contributed by atoms with E-state index in [4.69, 9.17) is 0 Å². The highest BCUT2D eigenvalue weighted by atomic mass is 16.2. The second-order valence-corrected chi connectivity index (χ2v) is 7.53. The van der Waals surface area contributed by atoms with Crippen molar-refractivity contribution < 1.29 is 4.79 Å². The van der Waals surface area contributed by atoms with Gasteiger partial charge in [-0.3, -0.25) is 9.13 Å². The normalized spacial score (nSPS) is 15.1. The minimum absolute atomic E-state index is 0.0340. The fourth-order valence-corrected chi connectivity index (χ4v) is 3.90. The maximum absolute atomic E-state index is 12.6. The van der Waals surface area contributed by atoms with Gasteiger partial charge in [-0.15, -0.1) is 0 Å². The number of amides is 2. The molecule has 7 nitrogen and oxygen atoms in total. The molecular weight excluding hydrogens is 354 g/mol. The van der Waals surface area contributed by atoms with Crippen LogP contribution in [0.3, 0.4) is 0 Å². The number of nitrogens with zero attached hydrogens (tertiary/aromatic N) is 4. The summed E-state index contributed by atoms with van der Waals surface area (Å²) in [5.74, 6) is 0.355. The molecule has 3 aromatic rings. The van der Waals surface area contributed by atoms with E-state index in [0.717, 1.165) is 35.3 Å². The molecule has 7 heteroatoms. The van der Waals surface area contributed by atoms with Gasteiger partial charge in [0.1, 0.15) is 0 Å². The summed E-state index contributed by atoms with van der Waals surface area (Å²) >= 11 is 0. The van der Waals surface area contributed by atoms with E-state index in [0.29, 0.717) is 25.6 Å². The molecule has 4 rings (SSSR count). The summed E-state index contributed by atoms with van der Waals surface area (Å²) in [6, 6.07) is 11.5. The number of fused-ring (bicyclic) bond motifs is 1. The number of hydrogen-bond donors (Lipinski definition) is 1. The Morgan fingerprint density at radius 2 is 2.00 bits per heavy atom. The topological polar surface area (TPSA) is 72.2 Å². The van der Waals surface area contributed by atoms with E-state index >= 15 is 0 Å². The predicted octanol–water partition coefficient (Wildman–Crippen LogP) is 2.99. The lowest BCUT2D eigenvalue weighted by Gasteiger charge is -2.32. The van der Waals surface area contributed by atoms with Crippen LogP contribution in [0.25, 0.3) is 11.2 Å². The first-order valence-electron chi connectivity index (χ1n) is 9.66. The van der Waals surface area contributed by atoms with Crippen molar-refractivity contribution in [3.05, 3.63) is 58.6 Å². The Labute approximate surface area is 163 Å². The molecule has 28 heavy (non-hydrogen) atoms. The van der Waals surface area contributed by atoms with Crippen LogP contribution < -0.4 is 11.0 Å². The zero-order chi connectivity index (χ0) is 19.7.